The molecule has 1 N–H and O–H groups in total. The van der Waals surface area contributed by atoms with Crippen molar-refractivity contribution in [1.29, 1.82) is 0 Å². The monoisotopic (exact) mass is 374 g/mol. The number of hydrogen-bond donors (Lipinski definition) is 1. The number of piperidine rings is 1. The molecule has 0 bridgehead atoms. The van der Waals surface area contributed by atoms with E-state index in [1.165, 1.54) is 0 Å². The van der Waals surface area contributed by atoms with E-state index < -0.39 is 0 Å². The third kappa shape index (κ3) is 3.67. The first-order chi connectivity index (χ1) is 13.1. The van der Waals surface area contributed by atoms with Crippen molar-refractivity contribution in [1.82, 2.24) is 29.6 Å². The van der Waals surface area contributed by atoms with Gasteiger partial charge in [0.1, 0.15) is 11.9 Å². The Morgan fingerprint density at radius 3 is 2.44 bits per heavy atom. The van der Waals surface area contributed by atoms with Crippen LogP contribution in [0.15, 0.2) is 12.4 Å². The van der Waals surface area contributed by atoms with Gasteiger partial charge in [-0.05, 0) is 25.7 Å². The molecule has 1 atom stereocenters. The molecule has 3 aliphatic rings. The number of rotatable bonds is 2. The molecule has 0 spiro atoms. The zero-order valence-corrected chi connectivity index (χ0v) is 16.1. The molecular formula is C19H30N6O2. The molecule has 3 fully saturated rings. The van der Waals surface area contributed by atoms with Crippen LogP contribution in [0.1, 0.15) is 37.5 Å². The summed E-state index contributed by atoms with van der Waals surface area (Å²) in [5, 5.41) is 3.39. The number of hydrogen-bond acceptors (Lipinski definition) is 4. The van der Waals surface area contributed by atoms with Crippen LogP contribution < -0.4 is 5.32 Å². The SMILES string of the molecule is Cn1ccnc1C1CNCCN1C(=O)C1CCN(C(=O)N2CCCC2)CC1. The number of aryl methyl sites for hydroxylation is 1. The van der Waals surface area contributed by atoms with E-state index in [-0.39, 0.29) is 23.9 Å². The van der Waals surface area contributed by atoms with Crippen molar-refractivity contribution < 1.29 is 9.59 Å². The fourth-order valence-electron chi connectivity index (χ4n) is 4.56. The third-order valence-electron chi connectivity index (χ3n) is 6.17. The van der Waals surface area contributed by atoms with E-state index in [1.807, 2.05) is 32.5 Å². The van der Waals surface area contributed by atoms with Crippen molar-refractivity contribution in [3.8, 4) is 0 Å². The molecule has 3 amide bonds. The van der Waals surface area contributed by atoms with Crippen molar-refractivity contribution in [2.75, 3.05) is 45.8 Å². The van der Waals surface area contributed by atoms with Gasteiger partial charge in [0.15, 0.2) is 0 Å². The lowest BCUT2D eigenvalue weighted by atomic mass is 9.94. The quantitative estimate of drug-likeness (QED) is 0.832. The number of likely N-dealkylation sites (tertiary alicyclic amines) is 2. The first-order valence-electron chi connectivity index (χ1n) is 10.2. The molecule has 4 rings (SSSR count). The summed E-state index contributed by atoms with van der Waals surface area (Å²) in [6, 6.07) is 0.141. The highest BCUT2D eigenvalue weighted by molar-refractivity contribution is 5.80. The number of carbonyl (C=O) groups is 2. The van der Waals surface area contributed by atoms with Crippen LogP contribution in [-0.2, 0) is 11.8 Å². The molecule has 148 valence electrons. The topological polar surface area (TPSA) is 73.7 Å². The fraction of sp³-hybridized carbons (Fsp3) is 0.737. The highest BCUT2D eigenvalue weighted by Gasteiger charge is 2.36. The second-order valence-corrected chi connectivity index (χ2v) is 7.89. The Bertz CT molecular complexity index is 675. The molecule has 1 unspecified atom stereocenters. The van der Waals surface area contributed by atoms with E-state index in [9.17, 15) is 9.59 Å². The zero-order chi connectivity index (χ0) is 18.8. The summed E-state index contributed by atoms with van der Waals surface area (Å²) in [4.78, 5) is 36.2. The van der Waals surface area contributed by atoms with Gasteiger partial charge in [0, 0.05) is 71.2 Å². The second kappa shape index (κ2) is 7.88. The highest BCUT2D eigenvalue weighted by Crippen LogP contribution is 2.27. The van der Waals surface area contributed by atoms with Crippen LogP contribution in [0.3, 0.4) is 0 Å². The minimum absolute atomic E-state index is 0.00787. The Hall–Kier alpha value is -2.09. The van der Waals surface area contributed by atoms with Crippen LogP contribution in [-0.4, -0.2) is 82.0 Å². The number of urea groups is 1. The fourth-order valence-corrected chi connectivity index (χ4v) is 4.56. The Morgan fingerprint density at radius 2 is 1.78 bits per heavy atom. The average molecular weight is 374 g/mol. The van der Waals surface area contributed by atoms with Gasteiger partial charge in [-0.15, -0.1) is 0 Å². The lowest BCUT2D eigenvalue weighted by Crippen LogP contribution is -2.53. The van der Waals surface area contributed by atoms with Gasteiger partial charge in [0.2, 0.25) is 5.91 Å². The maximum atomic E-state index is 13.3. The molecule has 1 aromatic heterocycles. The van der Waals surface area contributed by atoms with Crippen LogP contribution in [0.2, 0.25) is 0 Å². The largest absolute Gasteiger partial charge is 0.336 e. The second-order valence-electron chi connectivity index (χ2n) is 7.89. The Labute approximate surface area is 160 Å². The van der Waals surface area contributed by atoms with Gasteiger partial charge in [0.25, 0.3) is 0 Å². The molecule has 0 radical (unpaired) electrons. The Morgan fingerprint density at radius 1 is 1.07 bits per heavy atom. The van der Waals surface area contributed by atoms with E-state index in [0.717, 1.165) is 57.7 Å². The van der Waals surface area contributed by atoms with E-state index in [2.05, 4.69) is 10.3 Å². The highest BCUT2D eigenvalue weighted by atomic mass is 16.2. The molecule has 8 heteroatoms. The summed E-state index contributed by atoms with van der Waals surface area (Å²) in [5.74, 6) is 1.16. The van der Waals surface area contributed by atoms with Gasteiger partial charge in [0.05, 0.1) is 0 Å². The summed E-state index contributed by atoms with van der Waals surface area (Å²) in [6.07, 6.45) is 7.45. The van der Waals surface area contributed by atoms with Gasteiger partial charge >= 0.3 is 6.03 Å². The van der Waals surface area contributed by atoms with E-state index in [4.69, 9.17) is 0 Å². The molecule has 0 saturated carbocycles. The number of piperazine rings is 1. The third-order valence-corrected chi connectivity index (χ3v) is 6.17. The first kappa shape index (κ1) is 18.3. The van der Waals surface area contributed by atoms with Crippen molar-refractivity contribution in [3.63, 3.8) is 0 Å². The lowest BCUT2D eigenvalue weighted by Gasteiger charge is -2.40. The lowest BCUT2D eigenvalue weighted by molar-refractivity contribution is -0.140. The number of imidazole rings is 1. The first-order valence-corrected chi connectivity index (χ1v) is 10.2. The summed E-state index contributed by atoms with van der Waals surface area (Å²) in [7, 11) is 1.97. The minimum Gasteiger partial charge on any atom is -0.336 e. The summed E-state index contributed by atoms with van der Waals surface area (Å²) in [6.45, 7) is 5.40. The van der Waals surface area contributed by atoms with Crippen LogP contribution in [0.25, 0.3) is 0 Å². The predicted molar refractivity (Wildman–Crippen MR) is 101 cm³/mol. The smallest absolute Gasteiger partial charge is 0.319 e. The molecule has 1 aromatic rings. The van der Waals surface area contributed by atoms with Crippen LogP contribution in [0.5, 0.6) is 0 Å². The minimum atomic E-state index is -0.0180. The summed E-state index contributed by atoms with van der Waals surface area (Å²) < 4.78 is 2.00. The van der Waals surface area contributed by atoms with Gasteiger partial charge in [-0.2, -0.15) is 0 Å². The predicted octanol–water partition coefficient (Wildman–Crippen LogP) is 0.821. The normalized spacial score (nSPS) is 24.5. The molecule has 27 heavy (non-hydrogen) atoms. The van der Waals surface area contributed by atoms with Crippen molar-refractivity contribution >= 4 is 11.9 Å². The molecule has 0 aliphatic carbocycles. The van der Waals surface area contributed by atoms with Crippen molar-refractivity contribution in [2.45, 2.75) is 31.7 Å². The maximum absolute atomic E-state index is 13.3. The van der Waals surface area contributed by atoms with Gasteiger partial charge in [-0.1, -0.05) is 0 Å². The van der Waals surface area contributed by atoms with Crippen molar-refractivity contribution in [2.24, 2.45) is 13.0 Å². The molecular weight excluding hydrogens is 344 g/mol. The Balaban J connectivity index is 1.38. The van der Waals surface area contributed by atoms with Crippen LogP contribution in [0.4, 0.5) is 4.79 Å². The standard InChI is InChI=1S/C19H30N6O2/c1-22-12-7-21-17(22)16-14-20-6-13-25(16)18(26)15-4-10-24(11-5-15)19(27)23-8-2-3-9-23/h7,12,15-16,20H,2-6,8-11,13-14H2,1H3. The number of carbonyl (C=O) groups excluding carboxylic acids is 2. The average Bonchev–Trinajstić information content (AvgIpc) is 3.39. The zero-order valence-electron chi connectivity index (χ0n) is 16.1. The van der Waals surface area contributed by atoms with Gasteiger partial charge < -0.3 is 24.6 Å². The molecule has 8 nitrogen and oxygen atoms in total. The van der Waals surface area contributed by atoms with Gasteiger partial charge in [-0.3, -0.25) is 4.79 Å². The van der Waals surface area contributed by atoms with Crippen LogP contribution >= 0.6 is 0 Å². The van der Waals surface area contributed by atoms with E-state index in [1.54, 1.807) is 6.20 Å². The molecule has 3 saturated heterocycles. The maximum Gasteiger partial charge on any atom is 0.319 e. The molecule has 4 heterocycles. The molecule has 3 aliphatic heterocycles. The van der Waals surface area contributed by atoms with Gasteiger partial charge in [-0.25, -0.2) is 9.78 Å². The van der Waals surface area contributed by atoms with Crippen molar-refractivity contribution in [3.05, 3.63) is 18.2 Å². The molecule has 0 aromatic carbocycles. The number of nitrogens with zero attached hydrogens (tertiary/aromatic N) is 5. The van der Waals surface area contributed by atoms with Crippen LogP contribution in [0, 0.1) is 5.92 Å². The summed E-state index contributed by atoms with van der Waals surface area (Å²) >= 11 is 0. The summed E-state index contributed by atoms with van der Waals surface area (Å²) in [5.41, 5.74) is 0. The van der Waals surface area contributed by atoms with E-state index in [0.29, 0.717) is 19.6 Å². The number of amides is 3. The Kier molecular flexibility index (Phi) is 5.33. The van der Waals surface area contributed by atoms with E-state index >= 15 is 0 Å². The number of nitrogens with one attached hydrogen (secondary N) is 1. The number of aromatic nitrogens is 2.